The summed E-state index contributed by atoms with van der Waals surface area (Å²) in [6.07, 6.45) is 8.94. The number of benzene rings is 3. The van der Waals surface area contributed by atoms with Gasteiger partial charge in [-0.25, -0.2) is 13.2 Å². The van der Waals surface area contributed by atoms with Gasteiger partial charge in [-0.1, -0.05) is 30.2 Å². The number of halogens is 3. The van der Waals surface area contributed by atoms with Crippen molar-refractivity contribution in [3.8, 4) is 35.4 Å². The summed E-state index contributed by atoms with van der Waals surface area (Å²) >= 11 is 0. The second kappa shape index (κ2) is 13.5. The van der Waals surface area contributed by atoms with Crippen molar-refractivity contribution in [3.05, 3.63) is 78.0 Å². The number of aromatic nitrogens is 3. The third kappa shape index (κ3) is 6.16. The van der Waals surface area contributed by atoms with E-state index in [0.717, 1.165) is 25.5 Å². The van der Waals surface area contributed by atoms with E-state index >= 15 is 8.78 Å². The molecule has 0 bridgehead atoms. The van der Waals surface area contributed by atoms with Gasteiger partial charge in [-0.05, 0) is 61.5 Å². The lowest BCUT2D eigenvalue weighted by Gasteiger charge is -2.31. The van der Waals surface area contributed by atoms with Gasteiger partial charge < -0.3 is 18.6 Å². The standard InChI is InChI=1S/C38H34F3N5O5S/c1-2-28-31(40)11-10-24-18-26(51-52(47,48)27-8-4-3-5-9-27)19-29(32(24)28)34-33(41)35-30(21-42-34)36(45-13-7-16-49-17-15-45)44-37(43-35)50-23-38-12-6-14-46(38)22-25(39)20-38/h1,3-5,8-11,18-19,21,25H,6-7,12-17,20,22-23H2/t25-,38+/m1/s1. The Bertz CT molecular complexity index is 2330. The van der Waals surface area contributed by atoms with E-state index in [1.807, 2.05) is 4.90 Å². The quantitative estimate of drug-likeness (QED) is 0.138. The van der Waals surface area contributed by atoms with Crippen molar-refractivity contribution < 1.29 is 35.2 Å². The fourth-order valence-electron chi connectivity index (χ4n) is 7.67. The molecule has 3 aliphatic rings. The fourth-order valence-corrected chi connectivity index (χ4v) is 8.61. The van der Waals surface area contributed by atoms with E-state index < -0.39 is 33.5 Å². The van der Waals surface area contributed by atoms with E-state index in [-0.39, 0.29) is 51.0 Å². The minimum atomic E-state index is -4.31. The summed E-state index contributed by atoms with van der Waals surface area (Å²) in [5, 5.41) is 0.731. The van der Waals surface area contributed by atoms with Crippen LogP contribution in [0.2, 0.25) is 0 Å². The van der Waals surface area contributed by atoms with Gasteiger partial charge in [0.15, 0.2) is 5.82 Å². The number of ether oxygens (including phenoxy) is 2. The molecule has 8 rings (SSSR count). The molecule has 10 nitrogen and oxygen atoms in total. The Hall–Kier alpha value is -4.97. The Balaban J connectivity index is 1.28. The molecule has 268 valence electrons. The first kappa shape index (κ1) is 34.1. The Kier molecular flexibility index (Phi) is 8.89. The van der Waals surface area contributed by atoms with Crippen LogP contribution in [0.4, 0.5) is 19.0 Å². The second-order valence-corrected chi connectivity index (χ2v) is 14.9. The lowest BCUT2D eigenvalue weighted by atomic mass is 9.95. The summed E-state index contributed by atoms with van der Waals surface area (Å²) in [6, 6.07) is 12.7. The molecule has 0 amide bonds. The normalized spacial score (nSPS) is 20.9. The average molecular weight is 730 g/mol. The molecule has 5 heterocycles. The van der Waals surface area contributed by atoms with Gasteiger partial charge >= 0.3 is 16.1 Å². The number of anilines is 1. The molecule has 0 spiro atoms. The van der Waals surface area contributed by atoms with E-state index in [4.69, 9.17) is 25.1 Å². The van der Waals surface area contributed by atoms with Gasteiger partial charge in [-0.3, -0.25) is 9.88 Å². The lowest BCUT2D eigenvalue weighted by Crippen LogP contribution is -2.43. The third-order valence-electron chi connectivity index (χ3n) is 10.1. The Morgan fingerprint density at radius 1 is 1.04 bits per heavy atom. The van der Waals surface area contributed by atoms with Crippen molar-refractivity contribution in [2.45, 2.75) is 42.3 Å². The van der Waals surface area contributed by atoms with Gasteiger partial charge in [-0.2, -0.15) is 18.4 Å². The molecule has 3 fully saturated rings. The van der Waals surface area contributed by atoms with Crippen LogP contribution in [-0.4, -0.2) is 86.0 Å². The molecule has 2 aromatic heterocycles. The van der Waals surface area contributed by atoms with Crippen LogP contribution in [0.15, 0.2) is 65.7 Å². The smallest absolute Gasteiger partial charge is 0.339 e. The largest absolute Gasteiger partial charge is 0.461 e. The number of hydrogen-bond acceptors (Lipinski definition) is 10. The molecule has 0 unspecified atom stereocenters. The maximum absolute atomic E-state index is 17.2. The van der Waals surface area contributed by atoms with E-state index in [1.165, 1.54) is 36.5 Å². The minimum Gasteiger partial charge on any atom is -0.461 e. The molecule has 0 aliphatic carbocycles. The number of nitrogens with zero attached hydrogens (tertiary/aromatic N) is 5. The summed E-state index contributed by atoms with van der Waals surface area (Å²) < 4.78 is 90.7. The molecule has 5 aromatic rings. The van der Waals surface area contributed by atoms with E-state index in [0.29, 0.717) is 62.3 Å². The first-order valence-electron chi connectivity index (χ1n) is 17.1. The van der Waals surface area contributed by atoms with Crippen LogP contribution in [-0.2, 0) is 14.9 Å². The van der Waals surface area contributed by atoms with Gasteiger partial charge in [0.25, 0.3) is 0 Å². The van der Waals surface area contributed by atoms with Crippen molar-refractivity contribution >= 4 is 37.6 Å². The van der Waals surface area contributed by atoms with Crippen LogP contribution in [0.25, 0.3) is 32.9 Å². The molecule has 52 heavy (non-hydrogen) atoms. The molecule has 14 heteroatoms. The van der Waals surface area contributed by atoms with Gasteiger partial charge in [0.1, 0.15) is 46.3 Å². The van der Waals surface area contributed by atoms with E-state index in [9.17, 15) is 12.8 Å². The van der Waals surface area contributed by atoms with Crippen LogP contribution >= 0.6 is 0 Å². The van der Waals surface area contributed by atoms with Crippen LogP contribution < -0.4 is 13.8 Å². The number of rotatable bonds is 8. The predicted octanol–water partition coefficient (Wildman–Crippen LogP) is 6.05. The van der Waals surface area contributed by atoms with E-state index in [1.54, 1.807) is 18.2 Å². The van der Waals surface area contributed by atoms with Crippen molar-refractivity contribution in [3.63, 3.8) is 0 Å². The van der Waals surface area contributed by atoms with Gasteiger partial charge in [0, 0.05) is 49.8 Å². The lowest BCUT2D eigenvalue weighted by molar-refractivity contribution is 0.107. The first-order chi connectivity index (χ1) is 25.2. The summed E-state index contributed by atoms with van der Waals surface area (Å²) in [5.41, 5.74) is -1.06. The zero-order chi connectivity index (χ0) is 36.0. The summed E-state index contributed by atoms with van der Waals surface area (Å²) in [6.45, 7) is 3.27. The molecule has 0 radical (unpaired) electrons. The molecular weight excluding hydrogens is 696 g/mol. The maximum atomic E-state index is 17.2. The van der Waals surface area contributed by atoms with Crippen LogP contribution in [0, 0.1) is 24.0 Å². The number of hydrogen-bond donors (Lipinski definition) is 0. The highest BCUT2D eigenvalue weighted by Gasteiger charge is 2.49. The van der Waals surface area contributed by atoms with Crippen molar-refractivity contribution in [1.29, 1.82) is 0 Å². The van der Waals surface area contributed by atoms with Crippen LogP contribution in [0.3, 0.4) is 0 Å². The zero-order valence-electron chi connectivity index (χ0n) is 28.0. The number of alkyl halides is 1. The molecular formula is C38H34F3N5O5S. The molecule has 3 aromatic carbocycles. The molecule has 3 saturated heterocycles. The Morgan fingerprint density at radius 3 is 2.71 bits per heavy atom. The number of fused-ring (bicyclic) bond motifs is 3. The third-order valence-corrected chi connectivity index (χ3v) is 11.3. The summed E-state index contributed by atoms with van der Waals surface area (Å²) in [7, 11) is -4.31. The highest BCUT2D eigenvalue weighted by Crippen LogP contribution is 2.42. The van der Waals surface area contributed by atoms with Gasteiger partial charge in [0.05, 0.1) is 23.1 Å². The molecule has 0 N–H and O–H groups in total. The minimum absolute atomic E-state index is 0.00570. The molecule has 0 saturated carbocycles. The fraction of sp³-hybridized carbons (Fsp3) is 0.342. The zero-order valence-corrected chi connectivity index (χ0v) is 28.8. The second-order valence-electron chi connectivity index (χ2n) is 13.3. The highest BCUT2D eigenvalue weighted by molar-refractivity contribution is 7.87. The molecule has 3 aliphatic heterocycles. The Labute approximate surface area is 298 Å². The maximum Gasteiger partial charge on any atom is 0.339 e. The summed E-state index contributed by atoms with van der Waals surface area (Å²) in [4.78, 5) is 17.7. The van der Waals surface area contributed by atoms with E-state index in [2.05, 4.69) is 20.8 Å². The molecule has 2 atom stereocenters. The van der Waals surface area contributed by atoms with Crippen LogP contribution in [0.1, 0.15) is 31.2 Å². The van der Waals surface area contributed by atoms with Crippen LogP contribution in [0.5, 0.6) is 11.8 Å². The monoisotopic (exact) mass is 729 g/mol. The average Bonchev–Trinajstić information content (AvgIpc) is 3.52. The SMILES string of the molecule is C#Cc1c(F)ccc2cc(OS(=O)(=O)c3ccccc3)cc(-c3ncc4c(N5CCCOCC5)nc(OC[C@@]56CCCN5C[C@H](F)C6)nc4c3F)c12. The number of terminal acetylenes is 1. The van der Waals surface area contributed by atoms with Crippen molar-refractivity contribution in [2.24, 2.45) is 0 Å². The Morgan fingerprint density at radius 2 is 1.88 bits per heavy atom. The predicted molar refractivity (Wildman–Crippen MR) is 189 cm³/mol. The van der Waals surface area contributed by atoms with Gasteiger partial charge in [-0.15, -0.1) is 6.42 Å². The highest BCUT2D eigenvalue weighted by atomic mass is 32.2. The first-order valence-corrected chi connectivity index (χ1v) is 18.5. The van der Waals surface area contributed by atoms with Gasteiger partial charge in [0.2, 0.25) is 0 Å². The van der Waals surface area contributed by atoms with Crippen molar-refractivity contribution in [1.82, 2.24) is 19.9 Å². The van der Waals surface area contributed by atoms with Crippen molar-refractivity contribution in [2.75, 3.05) is 50.9 Å². The topological polar surface area (TPSA) is 107 Å². The number of pyridine rings is 1. The summed E-state index contributed by atoms with van der Waals surface area (Å²) in [5.74, 6) is 0.963.